The molecule has 0 radical (unpaired) electrons. The first-order valence-electron chi connectivity index (χ1n) is 5.46. The Hall–Kier alpha value is -1.13. The Bertz CT molecular complexity index is 318. The quantitative estimate of drug-likeness (QED) is 0.722. The van der Waals surface area contributed by atoms with Crippen LogP contribution in [-0.2, 0) is 11.2 Å². The van der Waals surface area contributed by atoms with Gasteiger partial charge in [0, 0.05) is 12.7 Å². The first-order chi connectivity index (χ1) is 7.76. The van der Waals surface area contributed by atoms with Gasteiger partial charge in [0.1, 0.15) is 18.2 Å². The van der Waals surface area contributed by atoms with Gasteiger partial charge in [-0.05, 0) is 37.6 Å². The lowest BCUT2D eigenvalue weighted by Gasteiger charge is -2.08. The van der Waals surface area contributed by atoms with Gasteiger partial charge < -0.3 is 15.2 Å². The highest BCUT2D eigenvalue weighted by Gasteiger charge is 2.01. The van der Waals surface area contributed by atoms with E-state index >= 15 is 0 Å². The molecule has 0 aliphatic heterocycles. The van der Waals surface area contributed by atoms with E-state index < -0.39 is 0 Å². The first-order valence-corrected chi connectivity index (χ1v) is 5.46. The van der Waals surface area contributed by atoms with Gasteiger partial charge in [-0.2, -0.15) is 0 Å². The van der Waals surface area contributed by atoms with Crippen LogP contribution in [0.15, 0.2) is 18.2 Å². The molecule has 1 rings (SSSR count). The van der Waals surface area contributed by atoms with E-state index in [1.807, 2.05) is 13.0 Å². The third-order valence-corrected chi connectivity index (χ3v) is 2.06. The molecule has 0 fully saturated rings. The van der Waals surface area contributed by atoms with Crippen LogP contribution in [0.2, 0.25) is 0 Å². The molecule has 0 spiro atoms. The smallest absolute Gasteiger partial charge is 0.127 e. The summed E-state index contributed by atoms with van der Waals surface area (Å²) in [6.45, 7) is 4.02. The molecule has 16 heavy (non-hydrogen) atoms. The number of halogens is 1. The van der Waals surface area contributed by atoms with Crippen LogP contribution in [0.25, 0.3) is 0 Å². The Morgan fingerprint density at radius 2 is 2.06 bits per heavy atom. The molecule has 1 aromatic rings. The second kappa shape index (κ2) is 7.19. The summed E-state index contributed by atoms with van der Waals surface area (Å²) in [5.74, 6) is 0.237. The Labute approximate surface area is 95.4 Å². The molecule has 4 heteroatoms. The minimum Gasteiger partial charge on any atom is -0.491 e. The lowest BCUT2D eigenvalue weighted by molar-refractivity contribution is 0.110. The summed E-state index contributed by atoms with van der Waals surface area (Å²) in [7, 11) is 0. The van der Waals surface area contributed by atoms with E-state index in [9.17, 15) is 4.39 Å². The zero-order valence-electron chi connectivity index (χ0n) is 9.54. The standard InChI is InChI=1S/C12H18FNO2/c1-2-15-5-6-16-12-8-10(3-4-14)7-11(13)9-12/h7-9H,2-6,14H2,1H3. The van der Waals surface area contributed by atoms with Crippen molar-refractivity contribution >= 4 is 0 Å². The Morgan fingerprint density at radius 1 is 1.25 bits per heavy atom. The van der Waals surface area contributed by atoms with E-state index in [0.29, 0.717) is 38.5 Å². The van der Waals surface area contributed by atoms with Gasteiger partial charge in [0.05, 0.1) is 6.61 Å². The molecule has 0 saturated carbocycles. The van der Waals surface area contributed by atoms with Gasteiger partial charge in [0.15, 0.2) is 0 Å². The van der Waals surface area contributed by atoms with Crippen LogP contribution < -0.4 is 10.5 Å². The zero-order valence-corrected chi connectivity index (χ0v) is 9.54. The van der Waals surface area contributed by atoms with E-state index in [0.717, 1.165) is 5.56 Å². The van der Waals surface area contributed by atoms with Crippen LogP contribution in [0.5, 0.6) is 5.75 Å². The molecule has 0 atom stereocenters. The average molecular weight is 227 g/mol. The normalized spacial score (nSPS) is 10.4. The van der Waals surface area contributed by atoms with Gasteiger partial charge in [0.25, 0.3) is 0 Å². The van der Waals surface area contributed by atoms with Crippen molar-refractivity contribution in [3.05, 3.63) is 29.6 Å². The van der Waals surface area contributed by atoms with Gasteiger partial charge in [-0.1, -0.05) is 0 Å². The minimum absolute atomic E-state index is 0.294. The predicted octanol–water partition coefficient (Wildman–Crippen LogP) is 1.74. The van der Waals surface area contributed by atoms with E-state index in [1.165, 1.54) is 12.1 Å². The van der Waals surface area contributed by atoms with Crippen LogP contribution in [0.4, 0.5) is 4.39 Å². The van der Waals surface area contributed by atoms with Crippen LogP contribution in [0.1, 0.15) is 12.5 Å². The maximum Gasteiger partial charge on any atom is 0.127 e. The molecule has 90 valence electrons. The maximum absolute atomic E-state index is 13.2. The summed E-state index contributed by atoms with van der Waals surface area (Å²) in [4.78, 5) is 0. The monoisotopic (exact) mass is 227 g/mol. The molecular formula is C12H18FNO2. The fourth-order valence-electron chi connectivity index (χ4n) is 1.38. The fraction of sp³-hybridized carbons (Fsp3) is 0.500. The second-order valence-electron chi connectivity index (χ2n) is 3.38. The van der Waals surface area contributed by atoms with Crippen molar-refractivity contribution in [2.45, 2.75) is 13.3 Å². The maximum atomic E-state index is 13.2. The molecule has 0 aliphatic carbocycles. The third kappa shape index (κ3) is 4.59. The van der Waals surface area contributed by atoms with Crippen LogP contribution in [0, 0.1) is 5.82 Å². The van der Waals surface area contributed by atoms with E-state index in [2.05, 4.69) is 0 Å². The third-order valence-electron chi connectivity index (χ3n) is 2.06. The number of nitrogens with two attached hydrogens (primary N) is 1. The molecule has 0 aliphatic rings. The molecule has 0 aromatic heterocycles. The number of hydrogen-bond acceptors (Lipinski definition) is 3. The lowest BCUT2D eigenvalue weighted by Crippen LogP contribution is -2.07. The molecule has 1 aromatic carbocycles. The minimum atomic E-state index is -0.294. The van der Waals surface area contributed by atoms with Crippen LogP contribution in [-0.4, -0.2) is 26.4 Å². The molecular weight excluding hydrogens is 209 g/mol. The van der Waals surface area contributed by atoms with Crippen molar-refractivity contribution < 1.29 is 13.9 Å². The summed E-state index contributed by atoms with van der Waals surface area (Å²) in [6, 6.07) is 4.65. The van der Waals surface area contributed by atoms with Gasteiger partial charge in [-0.3, -0.25) is 0 Å². The number of benzene rings is 1. The highest BCUT2D eigenvalue weighted by Crippen LogP contribution is 2.16. The summed E-state index contributed by atoms with van der Waals surface area (Å²) >= 11 is 0. The second-order valence-corrected chi connectivity index (χ2v) is 3.38. The van der Waals surface area contributed by atoms with Gasteiger partial charge in [-0.25, -0.2) is 4.39 Å². The number of rotatable bonds is 7. The Balaban J connectivity index is 2.51. The highest BCUT2D eigenvalue weighted by molar-refractivity contribution is 5.29. The Kier molecular flexibility index (Phi) is 5.82. The van der Waals surface area contributed by atoms with Crippen molar-refractivity contribution in [3.63, 3.8) is 0 Å². The summed E-state index contributed by atoms with van der Waals surface area (Å²) < 4.78 is 23.7. The zero-order chi connectivity index (χ0) is 11.8. The van der Waals surface area contributed by atoms with Crippen molar-refractivity contribution in [1.29, 1.82) is 0 Å². The topological polar surface area (TPSA) is 44.5 Å². The largest absolute Gasteiger partial charge is 0.491 e. The number of hydrogen-bond donors (Lipinski definition) is 1. The summed E-state index contributed by atoms with van der Waals surface area (Å²) in [5, 5.41) is 0. The highest BCUT2D eigenvalue weighted by atomic mass is 19.1. The molecule has 3 nitrogen and oxygen atoms in total. The van der Waals surface area contributed by atoms with Crippen molar-refractivity contribution in [2.75, 3.05) is 26.4 Å². The van der Waals surface area contributed by atoms with E-state index in [-0.39, 0.29) is 5.82 Å². The van der Waals surface area contributed by atoms with Crippen LogP contribution >= 0.6 is 0 Å². The lowest BCUT2D eigenvalue weighted by atomic mass is 10.1. The SMILES string of the molecule is CCOCCOc1cc(F)cc(CCN)c1. The first kappa shape index (κ1) is 12.9. The van der Waals surface area contributed by atoms with Crippen molar-refractivity contribution in [2.24, 2.45) is 5.73 Å². The van der Waals surface area contributed by atoms with E-state index in [1.54, 1.807) is 0 Å². The fourth-order valence-corrected chi connectivity index (χ4v) is 1.38. The molecule has 0 heterocycles. The number of ether oxygens (including phenoxy) is 2. The molecule has 0 bridgehead atoms. The Morgan fingerprint density at radius 3 is 2.75 bits per heavy atom. The van der Waals surface area contributed by atoms with Crippen LogP contribution in [0.3, 0.4) is 0 Å². The van der Waals surface area contributed by atoms with Gasteiger partial charge in [-0.15, -0.1) is 0 Å². The molecule has 0 unspecified atom stereocenters. The van der Waals surface area contributed by atoms with Crippen molar-refractivity contribution in [3.8, 4) is 5.75 Å². The molecule has 2 N–H and O–H groups in total. The van der Waals surface area contributed by atoms with Gasteiger partial charge in [0.2, 0.25) is 0 Å². The van der Waals surface area contributed by atoms with Crippen molar-refractivity contribution in [1.82, 2.24) is 0 Å². The van der Waals surface area contributed by atoms with Gasteiger partial charge >= 0.3 is 0 Å². The summed E-state index contributed by atoms with van der Waals surface area (Å²) in [6.07, 6.45) is 0.652. The summed E-state index contributed by atoms with van der Waals surface area (Å²) in [5.41, 5.74) is 6.27. The average Bonchev–Trinajstić information content (AvgIpc) is 2.24. The predicted molar refractivity (Wildman–Crippen MR) is 61.1 cm³/mol. The molecule has 0 saturated heterocycles. The van der Waals surface area contributed by atoms with E-state index in [4.69, 9.17) is 15.2 Å². The molecule has 0 amide bonds.